The second-order valence-corrected chi connectivity index (χ2v) is 3.40. The van der Waals surface area contributed by atoms with Crippen LogP contribution in [0.15, 0.2) is 18.2 Å². The summed E-state index contributed by atoms with van der Waals surface area (Å²) < 4.78 is 34.0. The monoisotopic (exact) mass is 284 g/mol. The van der Waals surface area contributed by atoms with Crippen LogP contribution in [0.5, 0.6) is 11.5 Å². The average Bonchev–Trinajstić information content (AvgIpc) is 2.25. The van der Waals surface area contributed by atoms with E-state index in [1.54, 1.807) is 12.1 Å². The second kappa shape index (κ2) is 2.45. The summed E-state index contributed by atoms with van der Waals surface area (Å²) in [6.07, 6.45) is -3.51. The van der Waals surface area contributed by atoms with Crippen molar-refractivity contribution < 1.29 is 18.3 Å². The molecule has 0 radical (unpaired) electrons. The van der Waals surface area contributed by atoms with Gasteiger partial charge < -0.3 is 9.47 Å². The minimum atomic E-state index is -3.51. The van der Waals surface area contributed by atoms with E-state index in [4.69, 9.17) is 0 Å². The Kier molecular flexibility index (Phi) is 1.64. The number of para-hydroxylation sites is 1. The van der Waals surface area contributed by atoms with Crippen LogP contribution in [-0.4, -0.2) is 6.29 Å². The van der Waals surface area contributed by atoms with E-state index in [9.17, 15) is 8.78 Å². The van der Waals surface area contributed by atoms with Crippen LogP contribution in [0.1, 0.15) is 0 Å². The standard InChI is InChI=1S/C7H3F2IO2/c8-7(9)11-5-3-1-2-4(10)6(5)12-7/h1-3H. The Balaban J connectivity index is 2.48. The highest BCUT2D eigenvalue weighted by Gasteiger charge is 2.44. The maximum Gasteiger partial charge on any atom is 0.586 e. The smallest absolute Gasteiger partial charge is 0.395 e. The van der Waals surface area contributed by atoms with Gasteiger partial charge in [-0.1, -0.05) is 6.07 Å². The first kappa shape index (κ1) is 8.03. The summed E-state index contributed by atoms with van der Waals surface area (Å²) in [5.74, 6) is 0.204. The number of rotatable bonds is 0. The summed E-state index contributed by atoms with van der Waals surface area (Å²) in [5, 5.41) is 0. The highest BCUT2D eigenvalue weighted by atomic mass is 127. The molecule has 0 saturated heterocycles. The van der Waals surface area contributed by atoms with Gasteiger partial charge in [0.1, 0.15) is 0 Å². The highest BCUT2D eigenvalue weighted by molar-refractivity contribution is 14.1. The predicted octanol–water partition coefficient (Wildman–Crippen LogP) is 2.61. The molecule has 5 heteroatoms. The minimum Gasteiger partial charge on any atom is -0.395 e. The normalized spacial score (nSPS) is 17.9. The van der Waals surface area contributed by atoms with E-state index in [1.807, 2.05) is 22.6 Å². The summed E-state index contributed by atoms with van der Waals surface area (Å²) in [6, 6.07) is 4.74. The third-order valence-electron chi connectivity index (χ3n) is 1.38. The first-order valence-electron chi connectivity index (χ1n) is 3.13. The van der Waals surface area contributed by atoms with Crippen molar-refractivity contribution in [1.29, 1.82) is 0 Å². The van der Waals surface area contributed by atoms with Gasteiger partial charge in [0.15, 0.2) is 11.5 Å². The Morgan fingerprint density at radius 2 is 2.00 bits per heavy atom. The molecule has 2 rings (SSSR count). The molecule has 0 saturated carbocycles. The van der Waals surface area contributed by atoms with E-state index in [1.165, 1.54) is 6.07 Å². The van der Waals surface area contributed by atoms with Gasteiger partial charge in [0, 0.05) is 0 Å². The molecule has 0 spiro atoms. The Bertz CT molecular complexity index is 327. The third-order valence-corrected chi connectivity index (χ3v) is 2.23. The van der Waals surface area contributed by atoms with E-state index in [0.717, 1.165) is 0 Å². The molecule has 0 amide bonds. The third kappa shape index (κ3) is 1.21. The lowest BCUT2D eigenvalue weighted by atomic mass is 10.3. The van der Waals surface area contributed by atoms with Crippen LogP contribution >= 0.6 is 22.6 Å². The molecule has 1 aliphatic heterocycles. The van der Waals surface area contributed by atoms with Gasteiger partial charge in [0.2, 0.25) is 0 Å². The maximum absolute atomic E-state index is 12.5. The van der Waals surface area contributed by atoms with E-state index >= 15 is 0 Å². The van der Waals surface area contributed by atoms with Gasteiger partial charge in [-0.25, -0.2) is 0 Å². The number of hydrogen-bond donors (Lipinski definition) is 0. The Morgan fingerprint density at radius 1 is 1.25 bits per heavy atom. The van der Waals surface area contributed by atoms with Gasteiger partial charge in [0.05, 0.1) is 3.57 Å². The van der Waals surface area contributed by atoms with Gasteiger partial charge >= 0.3 is 6.29 Å². The zero-order valence-electron chi connectivity index (χ0n) is 5.68. The molecule has 64 valence electrons. The Morgan fingerprint density at radius 3 is 2.67 bits per heavy atom. The molecule has 1 aromatic carbocycles. The molecule has 0 unspecified atom stereocenters. The zero-order chi connectivity index (χ0) is 8.77. The van der Waals surface area contributed by atoms with Crippen LogP contribution in [0.4, 0.5) is 8.78 Å². The topological polar surface area (TPSA) is 18.5 Å². The molecule has 1 aliphatic rings. The molecule has 0 bridgehead atoms. The number of ether oxygens (including phenoxy) is 2. The molecular weight excluding hydrogens is 281 g/mol. The van der Waals surface area contributed by atoms with Gasteiger partial charge in [-0.2, -0.15) is 0 Å². The molecule has 0 aliphatic carbocycles. The van der Waals surface area contributed by atoms with Crippen molar-refractivity contribution in [1.82, 2.24) is 0 Å². The fourth-order valence-electron chi connectivity index (χ4n) is 0.936. The summed E-state index contributed by atoms with van der Waals surface area (Å²) >= 11 is 1.90. The van der Waals surface area contributed by atoms with Crippen molar-refractivity contribution in [3.05, 3.63) is 21.8 Å². The van der Waals surface area contributed by atoms with Crippen LogP contribution in [0.25, 0.3) is 0 Å². The number of benzene rings is 1. The summed E-state index contributed by atoms with van der Waals surface area (Å²) in [5.41, 5.74) is 0. The summed E-state index contributed by atoms with van der Waals surface area (Å²) in [4.78, 5) is 0. The molecule has 0 fully saturated rings. The molecular formula is C7H3F2IO2. The van der Waals surface area contributed by atoms with Gasteiger partial charge in [0.25, 0.3) is 0 Å². The Hall–Kier alpha value is -0.590. The summed E-state index contributed by atoms with van der Waals surface area (Å²) in [7, 11) is 0. The first-order chi connectivity index (χ1) is 5.58. The van der Waals surface area contributed by atoms with Crippen molar-refractivity contribution >= 4 is 22.6 Å². The van der Waals surface area contributed by atoms with Crippen LogP contribution in [0, 0.1) is 3.57 Å². The first-order valence-corrected chi connectivity index (χ1v) is 4.21. The second-order valence-electron chi connectivity index (χ2n) is 2.23. The van der Waals surface area contributed by atoms with E-state index in [0.29, 0.717) is 3.57 Å². The Labute approximate surface area is 80.6 Å². The quantitative estimate of drug-likeness (QED) is 0.682. The van der Waals surface area contributed by atoms with Crippen LogP contribution in [0.3, 0.4) is 0 Å². The van der Waals surface area contributed by atoms with Crippen molar-refractivity contribution in [2.45, 2.75) is 6.29 Å². The fourth-order valence-corrected chi connectivity index (χ4v) is 1.52. The number of halogens is 3. The van der Waals surface area contributed by atoms with Gasteiger partial charge in [-0.3, -0.25) is 0 Å². The fraction of sp³-hybridized carbons (Fsp3) is 0.143. The van der Waals surface area contributed by atoms with Crippen molar-refractivity contribution in [2.75, 3.05) is 0 Å². The maximum atomic E-state index is 12.5. The van der Waals surface area contributed by atoms with E-state index in [-0.39, 0.29) is 11.5 Å². The van der Waals surface area contributed by atoms with E-state index in [2.05, 4.69) is 9.47 Å². The molecule has 1 heterocycles. The molecule has 0 atom stereocenters. The lowest BCUT2D eigenvalue weighted by molar-refractivity contribution is -0.287. The zero-order valence-corrected chi connectivity index (χ0v) is 7.84. The number of fused-ring (bicyclic) bond motifs is 1. The van der Waals surface area contributed by atoms with Crippen LogP contribution < -0.4 is 9.47 Å². The van der Waals surface area contributed by atoms with Gasteiger partial charge in [-0.15, -0.1) is 8.78 Å². The predicted molar refractivity (Wildman–Crippen MR) is 45.4 cm³/mol. The average molecular weight is 284 g/mol. The van der Waals surface area contributed by atoms with Crippen molar-refractivity contribution in [3.8, 4) is 11.5 Å². The summed E-state index contributed by atoms with van der Waals surface area (Å²) in [6.45, 7) is 0. The van der Waals surface area contributed by atoms with Gasteiger partial charge in [-0.05, 0) is 34.7 Å². The van der Waals surface area contributed by atoms with Crippen molar-refractivity contribution in [2.24, 2.45) is 0 Å². The molecule has 0 aromatic heterocycles. The van der Waals surface area contributed by atoms with E-state index < -0.39 is 6.29 Å². The molecule has 1 aromatic rings. The lowest BCUT2D eigenvalue weighted by Crippen LogP contribution is -2.26. The van der Waals surface area contributed by atoms with Crippen molar-refractivity contribution in [3.63, 3.8) is 0 Å². The molecule has 2 nitrogen and oxygen atoms in total. The highest BCUT2D eigenvalue weighted by Crippen LogP contribution is 2.43. The SMILES string of the molecule is FC1(F)Oc2cccc(I)c2O1. The number of hydrogen-bond acceptors (Lipinski definition) is 2. The lowest BCUT2D eigenvalue weighted by Gasteiger charge is -2.04. The minimum absolute atomic E-state index is 0.0897. The van der Waals surface area contributed by atoms with Crippen LogP contribution in [0.2, 0.25) is 0 Å². The molecule has 0 N–H and O–H groups in total. The number of alkyl halides is 2. The van der Waals surface area contributed by atoms with Crippen LogP contribution in [-0.2, 0) is 0 Å². The molecule has 12 heavy (non-hydrogen) atoms. The largest absolute Gasteiger partial charge is 0.586 e.